The van der Waals surface area contributed by atoms with Crippen LogP contribution < -0.4 is 16.6 Å². The van der Waals surface area contributed by atoms with E-state index in [2.05, 4.69) is 20.7 Å². The molecule has 0 saturated heterocycles. The first-order chi connectivity index (χ1) is 6.26. The van der Waals surface area contributed by atoms with Gasteiger partial charge in [0.15, 0.2) is 0 Å². The molecule has 1 rings (SSSR count). The van der Waals surface area contributed by atoms with Crippen molar-refractivity contribution in [3.8, 4) is 0 Å². The summed E-state index contributed by atoms with van der Waals surface area (Å²) in [6, 6.07) is 1.95. The maximum absolute atomic E-state index is 5.21. The molecule has 1 aromatic heterocycles. The molecule has 1 heterocycles. The summed E-state index contributed by atoms with van der Waals surface area (Å²) in [6.45, 7) is 1.97. The first-order valence-electron chi connectivity index (χ1n) is 3.88. The normalized spacial score (nSPS) is 11.2. The van der Waals surface area contributed by atoms with E-state index in [1.807, 2.05) is 13.0 Å². The van der Waals surface area contributed by atoms with E-state index in [0.717, 1.165) is 11.3 Å². The van der Waals surface area contributed by atoms with Crippen molar-refractivity contribution >= 4 is 11.6 Å². The van der Waals surface area contributed by atoms with Gasteiger partial charge in [0.25, 0.3) is 0 Å². The second kappa shape index (κ2) is 4.42. The lowest BCUT2D eigenvalue weighted by molar-refractivity contribution is 1.01. The third kappa shape index (κ3) is 2.72. The van der Waals surface area contributed by atoms with Crippen LogP contribution in [0.4, 0.5) is 5.69 Å². The van der Waals surface area contributed by atoms with Crippen LogP contribution in [0, 0.1) is 6.92 Å². The van der Waals surface area contributed by atoms with E-state index in [1.165, 1.54) is 0 Å². The zero-order valence-electron chi connectivity index (χ0n) is 7.70. The molecule has 5 heteroatoms. The van der Waals surface area contributed by atoms with Crippen molar-refractivity contribution in [2.75, 3.05) is 12.4 Å². The second-order valence-electron chi connectivity index (χ2n) is 2.59. The number of aryl methyl sites for hydroxylation is 1. The molecule has 0 unspecified atom stereocenters. The first-order valence-corrected chi connectivity index (χ1v) is 3.88. The Labute approximate surface area is 77.1 Å². The Balaban J connectivity index is 2.74. The fourth-order valence-corrected chi connectivity index (χ4v) is 0.917. The van der Waals surface area contributed by atoms with E-state index in [0.29, 0.717) is 5.96 Å². The molecule has 0 saturated carbocycles. The third-order valence-corrected chi connectivity index (χ3v) is 1.50. The van der Waals surface area contributed by atoms with Gasteiger partial charge in [-0.3, -0.25) is 15.4 Å². The molecular weight excluding hydrogens is 166 g/mol. The number of nitrogens with one attached hydrogen (secondary N) is 2. The highest BCUT2D eigenvalue weighted by molar-refractivity contribution is 5.92. The van der Waals surface area contributed by atoms with E-state index >= 15 is 0 Å². The van der Waals surface area contributed by atoms with Crippen molar-refractivity contribution in [2.45, 2.75) is 6.92 Å². The lowest BCUT2D eigenvalue weighted by Crippen LogP contribution is -2.36. The van der Waals surface area contributed by atoms with Gasteiger partial charge in [-0.25, -0.2) is 5.84 Å². The molecule has 0 aliphatic heterocycles. The number of anilines is 1. The van der Waals surface area contributed by atoms with E-state index in [4.69, 9.17) is 5.84 Å². The number of hydrazine groups is 1. The minimum absolute atomic E-state index is 0.507. The molecule has 0 atom stereocenters. The minimum Gasteiger partial charge on any atom is -0.324 e. The molecular formula is C8H13N5. The predicted molar refractivity (Wildman–Crippen MR) is 53.3 cm³/mol. The third-order valence-electron chi connectivity index (χ3n) is 1.50. The van der Waals surface area contributed by atoms with E-state index in [1.54, 1.807) is 19.4 Å². The molecule has 0 spiro atoms. The van der Waals surface area contributed by atoms with Gasteiger partial charge in [-0.1, -0.05) is 0 Å². The van der Waals surface area contributed by atoms with E-state index < -0.39 is 0 Å². The highest BCUT2D eigenvalue weighted by Crippen LogP contribution is 2.06. The zero-order chi connectivity index (χ0) is 9.68. The zero-order valence-corrected chi connectivity index (χ0v) is 7.70. The maximum Gasteiger partial charge on any atom is 0.210 e. The molecule has 1 aromatic rings. The molecule has 5 nitrogen and oxygen atoms in total. The average molecular weight is 179 g/mol. The van der Waals surface area contributed by atoms with Crippen LogP contribution in [0.15, 0.2) is 23.5 Å². The van der Waals surface area contributed by atoms with Gasteiger partial charge >= 0.3 is 0 Å². The number of aliphatic imine (C=N–C) groups is 1. The molecule has 4 N–H and O–H groups in total. The Morgan fingerprint density at radius 1 is 1.54 bits per heavy atom. The Morgan fingerprint density at radius 3 is 2.85 bits per heavy atom. The predicted octanol–water partition coefficient (Wildman–Crippen LogP) is 0.251. The molecule has 0 radical (unpaired) electrons. The summed E-state index contributed by atoms with van der Waals surface area (Å²) in [7, 11) is 1.64. The molecule has 0 aliphatic carbocycles. The fraction of sp³-hybridized carbons (Fsp3) is 0.250. The van der Waals surface area contributed by atoms with Crippen LogP contribution in [0.1, 0.15) is 5.56 Å². The van der Waals surface area contributed by atoms with Crippen molar-refractivity contribution in [1.82, 2.24) is 10.4 Å². The van der Waals surface area contributed by atoms with Gasteiger partial charge in [-0.05, 0) is 18.6 Å². The summed E-state index contributed by atoms with van der Waals surface area (Å²) in [5, 5.41) is 2.97. The fourth-order valence-electron chi connectivity index (χ4n) is 0.917. The van der Waals surface area contributed by atoms with Gasteiger partial charge in [0, 0.05) is 13.2 Å². The van der Waals surface area contributed by atoms with Crippen molar-refractivity contribution < 1.29 is 0 Å². The largest absolute Gasteiger partial charge is 0.324 e. The number of pyridine rings is 1. The highest BCUT2D eigenvalue weighted by Gasteiger charge is 1.96. The van der Waals surface area contributed by atoms with Gasteiger partial charge in [0.05, 0.1) is 11.9 Å². The van der Waals surface area contributed by atoms with Crippen LogP contribution in [0.2, 0.25) is 0 Å². The number of aromatic nitrogens is 1. The number of nitrogens with zero attached hydrogens (tertiary/aromatic N) is 2. The van der Waals surface area contributed by atoms with Crippen LogP contribution in [0.5, 0.6) is 0 Å². The van der Waals surface area contributed by atoms with Crippen molar-refractivity contribution in [3.05, 3.63) is 24.0 Å². The summed E-state index contributed by atoms with van der Waals surface area (Å²) in [5.74, 6) is 5.71. The van der Waals surface area contributed by atoms with Gasteiger partial charge in [-0.15, -0.1) is 0 Å². The molecule has 0 aromatic carbocycles. The van der Waals surface area contributed by atoms with Crippen LogP contribution >= 0.6 is 0 Å². The van der Waals surface area contributed by atoms with Crippen LogP contribution in [-0.4, -0.2) is 18.0 Å². The van der Waals surface area contributed by atoms with E-state index in [-0.39, 0.29) is 0 Å². The SMILES string of the molecule is CN=C(NN)Nc1cncc(C)c1. The quantitative estimate of drug-likeness (QED) is 0.250. The minimum atomic E-state index is 0.507. The Morgan fingerprint density at radius 2 is 2.31 bits per heavy atom. The Hall–Kier alpha value is -1.62. The molecule has 13 heavy (non-hydrogen) atoms. The maximum atomic E-state index is 5.21. The van der Waals surface area contributed by atoms with E-state index in [9.17, 15) is 0 Å². The van der Waals surface area contributed by atoms with Gasteiger partial charge in [0.1, 0.15) is 0 Å². The smallest absolute Gasteiger partial charge is 0.210 e. The number of nitrogens with two attached hydrogens (primary N) is 1. The van der Waals surface area contributed by atoms with Crippen molar-refractivity contribution in [2.24, 2.45) is 10.8 Å². The van der Waals surface area contributed by atoms with Gasteiger partial charge < -0.3 is 5.32 Å². The highest BCUT2D eigenvalue weighted by atomic mass is 15.3. The van der Waals surface area contributed by atoms with Gasteiger partial charge in [-0.2, -0.15) is 0 Å². The lowest BCUT2D eigenvalue weighted by atomic mass is 10.3. The molecule has 0 bridgehead atoms. The molecule has 0 aliphatic rings. The number of hydrogen-bond donors (Lipinski definition) is 3. The summed E-state index contributed by atoms with van der Waals surface area (Å²) in [5.41, 5.74) is 4.37. The average Bonchev–Trinajstić information content (AvgIpc) is 2.14. The van der Waals surface area contributed by atoms with Crippen LogP contribution in [0.25, 0.3) is 0 Å². The Bertz CT molecular complexity index is 307. The summed E-state index contributed by atoms with van der Waals surface area (Å²) >= 11 is 0. The van der Waals surface area contributed by atoms with Crippen LogP contribution in [0.3, 0.4) is 0 Å². The monoisotopic (exact) mass is 179 g/mol. The molecule has 0 amide bonds. The summed E-state index contributed by atoms with van der Waals surface area (Å²) in [4.78, 5) is 7.89. The van der Waals surface area contributed by atoms with Crippen molar-refractivity contribution in [3.63, 3.8) is 0 Å². The summed E-state index contributed by atoms with van der Waals surface area (Å²) in [6.07, 6.45) is 3.49. The summed E-state index contributed by atoms with van der Waals surface area (Å²) < 4.78 is 0. The van der Waals surface area contributed by atoms with Crippen molar-refractivity contribution in [1.29, 1.82) is 0 Å². The standard InChI is InChI=1S/C8H13N5/c1-6-3-7(5-11-4-6)12-8(10-2)13-9/h3-5H,9H2,1-2H3,(H2,10,12,13). The lowest BCUT2D eigenvalue weighted by Gasteiger charge is -2.07. The number of rotatable bonds is 1. The topological polar surface area (TPSA) is 75.3 Å². The van der Waals surface area contributed by atoms with Gasteiger partial charge in [0.2, 0.25) is 5.96 Å². The second-order valence-corrected chi connectivity index (χ2v) is 2.59. The number of hydrogen-bond acceptors (Lipinski definition) is 3. The molecule has 70 valence electrons. The molecule has 0 fully saturated rings. The Kier molecular flexibility index (Phi) is 3.22. The number of guanidine groups is 1. The first kappa shape index (κ1) is 9.47. The van der Waals surface area contributed by atoms with Crippen LogP contribution in [-0.2, 0) is 0 Å².